The number of aromatic nitrogens is 1. The lowest BCUT2D eigenvalue weighted by atomic mass is 9.93. The molecule has 0 radical (unpaired) electrons. The number of ether oxygens (including phenoxy) is 2. The van der Waals surface area contributed by atoms with Crippen LogP contribution in [0.15, 0.2) is 18.3 Å². The lowest BCUT2D eigenvalue weighted by Crippen LogP contribution is -2.35. The van der Waals surface area contributed by atoms with Crippen LogP contribution in [-0.2, 0) is 10.3 Å². The third-order valence-electron chi connectivity index (χ3n) is 3.02. The van der Waals surface area contributed by atoms with E-state index in [9.17, 15) is 5.11 Å². The highest BCUT2D eigenvalue weighted by atomic mass is 16.5. The van der Waals surface area contributed by atoms with Crippen LogP contribution >= 0.6 is 0 Å². The Morgan fingerprint density at radius 1 is 1.50 bits per heavy atom. The maximum absolute atomic E-state index is 10.7. The molecule has 1 aliphatic rings. The van der Waals surface area contributed by atoms with Gasteiger partial charge in [-0.1, -0.05) is 0 Å². The average Bonchev–Trinajstić information content (AvgIpc) is 3.13. The Hall–Kier alpha value is -1.13. The maximum Gasteiger partial charge on any atom is 0.143 e. The first kappa shape index (κ1) is 11.4. The van der Waals surface area contributed by atoms with Crippen LogP contribution < -0.4 is 4.74 Å². The molecule has 0 aromatic carbocycles. The Morgan fingerprint density at radius 3 is 2.81 bits per heavy atom. The Bertz CT molecular complexity index is 365. The predicted molar refractivity (Wildman–Crippen MR) is 59.3 cm³/mol. The van der Waals surface area contributed by atoms with E-state index >= 15 is 0 Å². The Morgan fingerprint density at radius 2 is 2.25 bits per heavy atom. The molecule has 1 aromatic rings. The van der Waals surface area contributed by atoms with Crippen LogP contribution in [-0.4, -0.2) is 30.9 Å². The number of methoxy groups -OCH3 is 2. The van der Waals surface area contributed by atoms with Gasteiger partial charge >= 0.3 is 0 Å². The number of nitrogens with zero attached hydrogens (tertiary/aromatic N) is 1. The number of pyridine rings is 1. The Labute approximate surface area is 95.2 Å². The molecule has 1 fully saturated rings. The van der Waals surface area contributed by atoms with Crippen molar-refractivity contribution in [2.45, 2.75) is 18.4 Å². The molecule has 4 heteroatoms. The summed E-state index contributed by atoms with van der Waals surface area (Å²) < 4.78 is 10.4. The second-order valence-corrected chi connectivity index (χ2v) is 4.19. The maximum atomic E-state index is 10.7. The van der Waals surface area contributed by atoms with Gasteiger partial charge in [0.2, 0.25) is 0 Å². The fourth-order valence-corrected chi connectivity index (χ4v) is 2.04. The summed E-state index contributed by atoms with van der Waals surface area (Å²) in [6.45, 7) is 0.255. The van der Waals surface area contributed by atoms with Crippen LogP contribution in [0.5, 0.6) is 5.75 Å². The van der Waals surface area contributed by atoms with Crippen molar-refractivity contribution >= 4 is 0 Å². The number of hydrogen-bond acceptors (Lipinski definition) is 4. The monoisotopic (exact) mass is 223 g/mol. The molecule has 88 valence electrons. The zero-order valence-corrected chi connectivity index (χ0v) is 9.64. The van der Waals surface area contributed by atoms with Crippen LogP contribution in [0.1, 0.15) is 18.5 Å². The van der Waals surface area contributed by atoms with Crippen molar-refractivity contribution in [3.8, 4) is 5.75 Å². The zero-order chi connectivity index (χ0) is 11.6. The van der Waals surface area contributed by atoms with E-state index in [0.717, 1.165) is 12.8 Å². The quantitative estimate of drug-likeness (QED) is 0.818. The molecule has 16 heavy (non-hydrogen) atoms. The molecule has 0 bridgehead atoms. The molecule has 1 unspecified atom stereocenters. The van der Waals surface area contributed by atoms with Crippen LogP contribution in [0, 0.1) is 5.92 Å². The molecule has 1 atom stereocenters. The Kier molecular flexibility index (Phi) is 3.12. The van der Waals surface area contributed by atoms with Gasteiger partial charge in [0.15, 0.2) is 0 Å². The number of hydrogen-bond donors (Lipinski definition) is 1. The van der Waals surface area contributed by atoms with Crippen molar-refractivity contribution < 1.29 is 14.6 Å². The van der Waals surface area contributed by atoms with Crippen molar-refractivity contribution in [1.82, 2.24) is 4.98 Å². The Balaban J connectivity index is 2.37. The molecule has 1 aliphatic carbocycles. The van der Waals surface area contributed by atoms with Gasteiger partial charge in [-0.2, -0.15) is 0 Å². The lowest BCUT2D eigenvalue weighted by Gasteiger charge is -2.27. The van der Waals surface area contributed by atoms with E-state index in [0.29, 0.717) is 11.4 Å². The van der Waals surface area contributed by atoms with Gasteiger partial charge in [0, 0.05) is 13.3 Å². The predicted octanol–water partition coefficient (Wildman–Crippen LogP) is 1.33. The van der Waals surface area contributed by atoms with E-state index in [4.69, 9.17) is 9.47 Å². The third-order valence-corrected chi connectivity index (χ3v) is 3.02. The van der Waals surface area contributed by atoms with Gasteiger partial charge in [0.25, 0.3) is 0 Å². The van der Waals surface area contributed by atoms with E-state index in [1.165, 1.54) is 0 Å². The molecule has 1 N–H and O–H groups in total. The number of aliphatic hydroxyl groups is 1. The minimum atomic E-state index is -1.01. The first-order valence-electron chi connectivity index (χ1n) is 5.43. The van der Waals surface area contributed by atoms with E-state index < -0.39 is 5.60 Å². The molecule has 0 aliphatic heterocycles. The molecular weight excluding hydrogens is 206 g/mol. The summed E-state index contributed by atoms with van der Waals surface area (Å²) in [6.07, 6.45) is 3.69. The summed E-state index contributed by atoms with van der Waals surface area (Å²) in [4.78, 5) is 4.25. The summed E-state index contributed by atoms with van der Waals surface area (Å²) >= 11 is 0. The van der Waals surface area contributed by atoms with E-state index in [2.05, 4.69) is 4.98 Å². The molecular formula is C12H17NO3. The molecule has 1 saturated carbocycles. The van der Waals surface area contributed by atoms with Gasteiger partial charge in [0.1, 0.15) is 17.0 Å². The standard InChI is InChI=1S/C12H17NO3/c1-15-8-12(14,9-5-6-9)11-10(16-2)4-3-7-13-11/h3-4,7,9,14H,5-6,8H2,1-2H3. The van der Waals surface area contributed by atoms with Crippen molar-refractivity contribution in [3.63, 3.8) is 0 Å². The molecule has 0 amide bonds. The highest BCUT2D eigenvalue weighted by Crippen LogP contribution is 2.47. The fourth-order valence-electron chi connectivity index (χ4n) is 2.04. The van der Waals surface area contributed by atoms with Gasteiger partial charge in [-0.05, 0) is 30.9 Å². The van der Waals surface area contributed by atoms with Gasteiger partial charge in [-0.3, -0.25) is 4.98 Å². The topological polar surface area (TPSA) is 51.6 Å². The molecule has 0 spiro atoms. The first-order valence-corrected chi connectivity index (χ1v) is 5.43. The number of rotatable bonds is 5. The van der Waals surface area contributed by atoms with E-state index in [-0.39, 0.29) is 12.5 Å². The van der Waals surface area contributed by atoms with Crippen LogP contribution in [0.4, 0.5) is 0 Å². The van der Waals surface area contributed by atoms with E-state index in [1.807, 2.05) is 6.07 Å². The van der Waals surface area contributed by atoms with Crippen molar-refractivity contribution in [3.05, 3.63) is 24.0 Å². The van der Waals surface area contributed by atoms with Crippen LogP contribution in [0.2, 0.25) is 0 Å². The molecule has 2 rings (SSSR count). The largest absolute Gasteiger partial charge is 0.495 e. The average molecular weight is 223 g/mol. The fraction of sp³-hybridized carbons (Fsp3) is 0.583. The smallest absolute Gasteiger partial charge is 0.143 e. The summed E-state index contributed by atoms with van der Waals surface area (Å²) in [5.41, 5.74) is -0.427. The highest BCUT2D eigenvalue weighted by molar-refractivity contribution is 5.33. The molecule has 1 heterocycles. The summed E-state index contributed by atoms with van der Waals surface area (Å²) in [7, 11) is 3.17. The first-order chi connectivity index (χ1) is 7.72. The zero-order valence-electron chi connectivity index (χ0n) is 9.64. The van der Waals surface area contributed by atoms with E-state index in [1.54, 1.807) is 26.5 Å². The lowest BCUT2D eigenvalue weighted by molar-refractivity contribution is -0.0578. The second kappa shape index (κ2) is 4.39. The summed E-state index contributed by atoms with van der Waals surface area (Å²) in [6, 6.07) is 3.60. The second-order valence-electron chi connectivity index (χ2n) is 4.19. The van der Waals surface area contributed by atoms with Gasteiger partial charge < -0.3 is 14.6 Å². The van der Waals surface area contributed by atoms with Crippen LogP contribution in [0.25, 0.3) is 0 Å². The minimum Gasteiger partial charge on any atom is -0.495 e. The molecule has 4 nitrogen and oxygen atoms in total. The SMILES string of the molecule is COCC(O)(c1ncccc1OC)C1CC1. The van der Waals surface area contributed by atoms with Crippen molar-refractivity contribution in [1.29, 1.82) is 0 Å². The summed E-state index contributed by atoms with van der Waals surface area (Å²) in [5.74, 6) is 0.852. The molecule has 0 saturated heterocycles. The van der Waals surface area contributed by atoms with Gasteiger partial charge in [-0.25, -0.2) is 0 Å². The van der Waals surface area contributed by atoms with Crippen molar-refractivity contribution in [2.24, 2.45) is 5.92 Å². The summed E-state index contributed by atoms with van der Waals surface area (Å²) in [5, 5.41) is 10.7. The van der Waals surface area contributed by atoms with Gasteiger partial charge in [-0.15, -0.1) is 0 Å². The normalized spacial score (nSPS) is 19.2. The van der Waals surface area contributed by atoms with Crippen molar-refractivity contribution in [2.75, 3.05) is 20.8 Å². The minimum absolute atomic E-state index is 0.233. The molecule has 1 aromatic heterocycles. The van der Waals surface area contributed by atoms with Gasteiger partial charge in [0.05, 0.1) is 13.7 Å². The third kappa shape index (κ3) is 1.90. The highest BCUT2D eigenvalue weighted by Gasteiger charge is 2.47. The van der Waals surface area contributed by atoms with Crippen LogP contribution in [0.3, 0.4) is 0 Å².